The molecule has 3 heterocycles. The van der Waals surface area contributed by atoms with E-state index in [1.807, 2.05) is 0 Å². The number of phosphoric acid groups is 1. The standard InChI is InChI=1S/C18H30N3O6P/c1-2-3-4-5-6-7-8-11-24-28(23)25-13-15-14(27-28)12-17(26-15)21-10-9-16(19)20-18(21)22/h9-10,14-15,17H,2-8,11-13H2,1H3,(H2,19,20,22)/t14-,15+,17?,28?/m0/s1. The topological polar surface area (TPSA) is 115 Å². The van der Waals surface area contributed by atoms with Crippen molar-refractivity contribution in [2.45, 2.75) is 76.7 Å². The van der Waals surface area contributed by atoms with E-state index in [9.17, 15) is 9.36 Å². The van der Waals surface area contributed by atoms with Crippen LogP contribution in [0.2, 0.25) is 0 Å². The molecule has 1 aromatic rings. The highest BCUT2D eigenvalue weighted by Crippen LogP contribution is 2.56. The molecule has 10 heteroatoms. The fourth-order valence-corrected chi connectivity index (χ4v) is 4.87. The van der Waals surface area contributed by atoms with E-state index in [0.717, 1.165) is 19.3 Å². The highest BCUT2D eigenvalue weighted by atomic mass is 31.2. The number of hydrogen-bond donors (Lipinski definition) is 1. The van der Waals surface area contributed by atoms with Crippen LogP contribution in [0, 0.1) is 0 Å². The quantitative estimate of drug-likeness (QED) is 0.457. The second-order valence-electron chi connectivity index (χ2n) is 7.25. The predicted octanol–water partition coefficient (Wildman–Crippen LogP) is 3.40. The van der Waals surface area contributed by atoms with E-state index in [1.165, 1.54) is 42.5 Å². The van der Waals surface area contributed by atoms with Crippen LogP contribution in [0.1, 0.15) is 64.5 Å². The molecule has 0 radical (unpaired) electrons. The summed E-state index contributed by atoms with van der Waals surface area (Å²) < 4.78 is 36.2. The second kappa shape index (κ2) is 9.98. The molecule has 0 amide bonds. The second-order valence-corrected chi connectivity index (χ2v) is 8.87. The van der Waals surface area contributed by atoms with Crippen LogP contribution >= 0.6 is 7.82 Å². The van der Waals surface area contributed by atoms with Gasteiger partial charge in [0.25, 0.3) is 0 Å². The van der Waals surface area contributed by atoms with Crippen molar-refractivity contribution in [2.75, 3.05) is 18.9 Å². The van der Waals surface area contributed by atoms with E-state index in [1.54, 1.807) is 0 Å². The van der Waals surface area contributed by atoms with Crippen molar-refractivity contribution in [3.63, 3.8) is 0 Å². The maximum Gasteiger partial charge on any atom is 0.475 e. The monoisotopic (exact) mass is 415 g/mol. The highest BCUT2D eigenvalue weighted by molar-refractivity contribution is 7.48. The number of unbranched alkanes of at least 4 members (excludes halogenated alkanes) is 6. The Bertz CT molecular complexity index is 742. The van der Waals surface area contributed by atoms with Gasteiger partial charge in [0, 0.05) is 12.6 Å². The van der Waals surface area contributed by atoms with Gasteiger partial charge in [-0.3, -0.25) is 18.1 Å². The van der Waals surface area contributed by atoms with Crippen LogP contribution in [0.3, 0.4) is 0 Å². The van der Waals surface area contributed by atoms with Gasteiger partial charge in [-0.25, -0.2) is 9.36 Å². The largest absolute Gasteiger partial charge is 0.475 e. The van der Waals surface area contributed by atoms with Gasteiger partial charge in [0.15, 0.2) is 0 Å². The number of anilines is 1. The fraction of sp³-hybridized carbons (Fsp3) is 0.778. The molecule has 2 N–H and O–H groups in total. The predicted molar refractivity (Wildman–Crippen MR) is 104 cm³/mol. The molecule has 2 aliphatic rings. The number of hydrogen-bond acceptors (Lipinski definition) is 8. The number of aromatic nitrogens is 2. The molecule has 3 rings (SSSR count). The number of rotatable bonds is 10. The van der Waals surface area contributed by atoms with E-state index in [2.05, 4.69) is 11.9 Å². The average molecular weight is 415 g/mol. The van der Waals surface area contributed by atoms with Crippen molar-refractivity contribution in [2.24, 2.45) is 0 Å². The van der Waals surface area contributed by atoms with E-state index in [0.29, 0.717) is 13.0 Å². The van der Waals surface area contributed by atoms with Crippen LogP contribution in [-0.2, 0) is 22.9 Å². The van der Waals surface area contributed by atoms with Crippen molar-refractivity contribution < 1.29 is 22.9 Å². The van der Waals surface area contributed by atoms with Gasteiger partial charge < -0.3 is 10.5 Å². The lowest BCUT2D eigenvalue weighted by Gasteiger charge is -2.29. The molecule has 0 spiro atoms. The first-order chi connectivity index (χ1) is 13.5. The Labute approximate surface area is 165 Å². The third kappa shape index (κ3) is 5.64. The molecule has 0 aliphatic carbocycles. The lowest BCUT2D eigenvalue weighted by atomic mass is 10.1. The van der Waals surface area contributed by atoms with Gasteiger partial charge in [-0.1, -0.05) is 45.4 Å². The molecular formula is C18H30N3O6P. The van der Waals surface area contributed by atoms with Gasteiger partial charge >= 0.3 is 13.5 Å². The summed E-state index contributed by atoms with van der Waals surface area (Å²) in [4.78, 5) is 15.7. The van der Waals surface area contributed by atoms with Crippen molar-refractivity contribution in [1.82, 2.24) is 9.55 Å². The van der Waals surface area contributed by atoms with Crippen molar-refractivity contribution in [1.29, 1.82) is 0 Å². The Hall–Kier alpha value is -1.25. The lowest BCUT2D eigenvalue weighted by molar-refractivity contribution is -0.0722. The van der Waals surface area contributed by atoms with E-state index in [-0.39, 0.29) is 12.4 Å². The zero-order valence-electron chi connectivity index (χ0n) is 16.3. The molecule has 158 valence electrons. The van der Waals surface area contributed by atoms with Crippen LogP contribution < -0.4 is 11.4 Å². The first-order valence-corrected chi connectivity index (χ1v) is 11.5. The number of fused-ring (bicyclic) bond motifs is 1. The fourth-order valence-electron chi connectivity index (χ4n) is 3.44. The number of nitrogens with zero attached hydrogens (tertiary/aromatic N) is 2. The molecule has 4 atom stereocenters. The van der Waals surface area contributed by atoms with Gasteiger partial charge in [-0.05, 0) is 12.5 Å². The minimum atomic E-state index is -3.59. The Morgan fingerprint density at radius 1 is 1.25 bits per heavy atom. The number of ether oxygens (including phenoxy) is 1. The molecule has 9 nitrogen and oxygen atoms in total. The van der Waals surface area contributed by atoms with Gasteiger partial charge in [0.1, 0.15) is 24.3 Å². The number of nitrogens with two attached hydrogens (primary N) is 1. The zero-order chi connectivity index (χ0) is 20.0. The van der Waals surface area contributed by atoms with Crippen molar-refractivity contribution >= 4 is 13.6 Å². The molecule has 2 fully saturated rings. The van der Waals surface area contributed by atoms with Crippen LogP contribution in [0.25, 0.3) is 0 Å². The van der Waals surface area contributed by atoms with E-state index in [4.69, 9.17) is 24.0 Å². The summed E-state index contributed by atoms with van der Waals surface area (Å²) in [6, 6.07) is 1.53. The summed E-state index contributed by atoms with van der Waals surface area (Å²) in [5.74, 6) is 0.152. The molecule has 2 saturated heterocycles. The van der Waals surface area contributed by atoms with Crippen molar-refractivity contribution in [3.8, 4) is 0 Å². The van der Waals surface area contributed by atoms with Gasteiger partial charge in [0.05, 0.1) is 13.2 Å². The molecule has 2 aliphatic heterocycles. The average Bonchev–Trinajstić information content (AvgIpc) is 3.06. The summed E-state index contributed by atoms with van der Waals surface area (Å²) >= 11 is 0. The summed E-state index contributed by atoms with van der Waals surface area (Å²) in [6.45, 7) is 2.64. The summed E-state index contributed by atoms with van der Waals surface area (Å²) in [6.07, 6.45) is 8.48. The molecular weight excluding hydrogens is 385 g/mol. The molecule has 1 aromatic heterocycles. The highest BCUT2D eigenvalue weighted by Gasteiger charge is 2.47. The van der Waals surface area contributed by atoms with E-state index < -0.39 is 31.9 Å². The van der Waals surface area contributed by atoms with Crippen LogP contribution in [0.4, 0.5) is 5.82 Å². The van der Waals surface area contributed by atoms with Crippen LogP contribution in [0.5, 0.6) is 0 Å². The Balaban J connectivity index is 1.43. The third-order valence-electron chi connectivity index (χ3n) is 5.00. The molecule has 0 bridgehead atoms. The van der Waals surface area contributed by atoms with Crippen LogP contribution in [0.15, 0.2) is 17.1 Å². The minimum absolute atomic E-state index is 0.104. The smallest absolute Gasteiger partial charge is 0.383 e. The maximum atomic E-state index is 12.7. The number of phosphoric ester groups is 1. The van der Waals surface area contributed by atoms with E-state index >= 15 is 0 Å². The van der Waals surface area contributed by atoms with Crippen LogP contribution in [-0.4, -0.2) is 35.0 Å². The summed E-state index contributed by atoms with van der Waals surface area (Å²) in [5, 5.41) is 0. The minimum Gasteiger partial charge on any atom is -0.383 e. The Morgan fingerprint density at radius 2 is 2.00 bits per heavy atom. The maximum absolute atomic E-state index is 12.7. The molecule has 2 unspecified atom stereocenters. The molecule has 28 heavy (non-hydrogen) atoms. The Kier molecular flexibility index (Phi) is 7.65. The zero-order valence-corrected chi connectivity index (χ0v) is 17.2. The molecule has 0 saturated carbocycles. The summed E-state index contributed by atoms with van der Waals surface area (Å²) in [5.41, 5.74) is 5.02. The normalized spacial score (nSPS) is 29.7. The molecule has 0 aromatic carbocycles. The van der Waals surface area contributed by atoms with Crippen molar-refractivity contribution in [3.05, 3.63) is 22.7 Å². The van der Waals surface area contributed by atoms with Gasteiger partial charge in [0.2, 0.25) is 0 Å². The van der Waals surface area contributed by atoms with Gasteiger partial charge in [-0.2, -0.15) is 4.98 Å². The van der Waals surface area contributed by atoms with Gasteiger partial charge in [-0.15, -0.1) is 0 Å². The summed E-state index contributed by atoms with van der Waals surface area (Å²) in [7, 11) is -3.59. The number of nitrogen functional groups attached to an aromatic ring is 1. The third-order valence-corrected chi connectivity index (χ3v) is 6.49. The Morgan fingerprint density at radius 3 is 2.75 bits per heavy atom. The lowest BCUT2D eigenvalue weighted by Crippen LogP contribution is -2.33. The first-order valence-electron chi connectivity index (χ1n) is 10.1. The first kappa shape index (κ1) is 21.5. The SMILES string of the molecule is CCCCCCCCCOP1(=O)OC[C@H]2OC(n3ccc(N)nc3=O)C[C@@H]2O1.